The summed E-state index contributed by atoms with van der Waals surface area (Å²) in [5.74, 6) is -0.599. The molecule has 19 heavy (non-hydrogen) atoms. The first-order valence-corrected chi connectivity index (χ1v) is 6.44. The number of carbonyl (C=O) groups is 2. The quantitative estimate of drug-likeness (QED) is 0.757. The molecule has 0 N–H and O–H groups in total. The van der Waals surface area contributed by atoms with Crippen LogP contribution >= 0.6 is 0 Å². The summed E-state index contributed by atoms with van der Waals surface area (Å²) in [7, 11) is 0. The van der Waals surface area contributed by atoms with Gasteiger partial charge in [-0.1, -0.05) is 0 Å². The number of ether oxygens (including phenoxy) is 1. The lowest BCUT2D eigenvalue weighted by molar-refractivity contribution is -0.149. The van der Waals surface area contributed by atoms with E-state index in [1.54, 1.807) is 17.9 Å². The van der Waals surface area contributed by atoms with Crippen molar-refractivity contribution in [2.75, 3.05) is 19.7 Å². The fourth-order valence-corrected chi connectivity index (χ4v) is 2.19. The van der Waals surface area contributed by atoms with Crippen LogP contribution in [-0.2, 0) is 9.53 Å². The van der Waals surface area contributed by atoms with Gasteiger partial charge in [-0.25, -0.2) is 9.97 Å². The van der Waals surface area contributed by atoms with Crippen molar-refractivity contribution in [1.29, 1.82) is 0 Å². The summed E-state index contributed by atoms with van der Waals surface area (Å²) in [5.41, 5.74) is 0.361. The second-order valence-electron chi connectivity index (χ2n) is 4.44. The summed E-state index contributed by atoms with van der Waals surface area (Å²) >= 11 is 0. The second-order valence-corrected chi connectivity index (χ2v) is 4.44. The van der Waals surface area contributed by atoms with Crippen molar-refractivity contribution in [3.05, 3.63) is 24.3 Å². The maximum Gasteiger partial charge on any atom is 0.310 e. The van der Waals surface area contributed by atoms with Gasteiger partial charge >= 0.3 is 5.97 Å². The van der Waals surface area contributed by atoms with Gasteiger partial charge in [0.05, 0.1) is 12.5 Å². The predicted molar refractivity (Wildman–Crippen MR) is 67.3 cm³/mol. The molecule has 1 unspecified atom stereocenters. The molecular formula is C13H17N3O3. The molecule has 0 aliphatic carbocycles. The molecule has 2 heterocycles. The van der Waals surface area contributed by atoms with E-state index in [0.29, 0.717) is 25.4 Å². The highest BCUT2D eigenvalue weighted by Gasteiger charge is 2.30. The number of likely N-dealkylation sites (tertiary alicyclic amines) is 1. The molecule has 2 rings (SSSR count). The van der Waals surface area contributed by atoms with Gasteiger partial charge in [0.15, 0.2) is 0 Å². The van der Waals surface area contributed by atoms with Crippen LogP contribution in [0.1, 0.15) is 30.3 Å². The summed E-state index contributed by atoms with van der Waals surface area (Å²) in [6.45, 7) is 3.21. The number of piperidine rings is 1. The van der Waals surface area contributed by atoms with Crippen LogP contribution in [0, 0.1) is 5.92 Å². The van der Waals surface area contributed by atoms with E-state index in [4.69, 9.17) is 4.74 Å². The summed E-state index contributed by atoms with van der Waals surface area (Å²) < 4.78 is 5.01. The number of nitrogens with zero attached hydrogens (tertiary/aromatic N) is 3. The Morgan fingerprint density at radius 2 is 2.37 bits per heavy atom. The van der Waals surface area contributed by atoms with Gasteiger partial charge in [0, 0.05) is 19.3 Å². The van der Waals surface area contributed by atoms with Crippen LogP contribution < -0.4 is 0 Å². The van der Waals surface area contributed by atoms with Crippen molar-refractivity contribution < 1.29 is 14.3 Å². The Balaban J connectivity index is 2.01. The highest BCUT2D eigenvalue weighted by molar-refractivity contribution is 5.92. The van der Waals surface area contributed by atoms with Gasteiger partial charge in [-0.2, -0.15) is 0 Å². The molecule has 1 aliphatic rings. The Labute approximate surface area is 111 Å². The molecule has 1 aliphatic heterocycles. The van der Waals surface area contributed by atoms with Gasteiger partial charge in [-0.15, -0.1) is 0 Å². The minimum Gasteiger partial charge on any atom is -0.466 e. The van der Waals surface area contributed by atoms with E-state index in [0.717, 1.165) is 12.8 Å². The third kappa shape index (κ3) is 3.27. The van der Waals surface area contributed by atoms with Crippen LogP contribution in [0.25, 0.3) is 0 Å². The van der Waals surface area contributed by atoms with Crippen LogP contribution in [0.5, 0.6) is 0 Å². The molecule has 6 heteroatoms. The zero-order chi connectivity index (χ0) is 13.7. The minimum absolute atomic E-state index is 0.156. The number of amides is 1. The predicted octanol–water partition coefficient (Wildman–Crippen LogP) is 0.892. The third-order valence-electron chi connectivity index (χ3n) is 3.13. The van der Waals surface area contributed by atoms with Gasteiger partial charge in [-0.3, -0.25) is 9.59 Å². The first kappa shape index (κ1) is 13.5. The number of carbonyl (C=O) groups excluding carboxylic acids is 2. The number of hydrogen-bond acceptors (Lipinski definition) is 5. The smallest absolute Gasteiger partial charge is 0.310 e. The molecule has 102 valence electrons. The summed E-state index contributed by atoms with van der Waals surface area (Å²) in [4.78, 5) is 33.3. The SMILES string of the molecule is CCOC(=O)C1CCCN(C(=O)c2ccncn2)C1. The molecular weight excluding hydrogens is 246 g/mol. The van der Waals surface area contributed by atoms with Crippen molar-refractivity contribution in [1.82, 2.24) is 14.9 Å². The Kier molecular flexibility index (Phi) is 4.43. The standard InChI is InChI=1S/C13H17N3O3/c1-2-19-13(18)10-4-3-7-16(8-10)12(17)11-5-6-14-9-15-11/h5-6,9-10H,2-4,7-8H2,1H3. The van der Waals surface area contributed by atoms with E-state index >= 15 is 0 Å². The Morgan fingerprint density at radius 1 is 1.53 bits per heavy atom. The Morgan fingerprint density at radius 3 is 3.05 bits per heavy atom. The number of rotatable bonds is 3. The molecule has 1 saturated heterocycles. The van der Waals surface area contributed by atoms with E-state index < -0.39 is 0 Å². The van der Waals surface area contributed by atoms with E-state index in [1.165, 1.54) is 12.5 Å². The van der Waals surface area contributed by atoms with Gasteiger partial charge in [-0.05, 0) is 25.8 Å². The molecule has 1 atom stereocenters. The van der Waals surface area contributed by atoms with E-state index in [-0.39, 0.29) is 17.8 Å². The molecule has 6 nitrogen and oxygen atoms in total. The molecule has 0 radical (unpaired) electrons. The van der Waals surface area contributed by atoms with Crippen molar-refractivity contribution in [2.24, 2.45) is 5.92 Å². The number of esters is 1. The zero-order valence-corrected chi connectivity index (χ0v) is 10.9. The van der Waals surface area contributed by atoms with Gasteiger partial charge in [0.2, 0.25) is 0 Å². The summed E-state index contributed by atoms with van der Waals surface area (Å²) in [6.07, 6.45) is 4.46. The normalized spacial score (nSPS) is 19.0. The van der Waals surface area contributed by atoms with Crippen molar-refractivity contribution in [3.8, 4) is 0 Å². The van der Waals surface area contributed by atoms with Crippen LogP contribution in [0.2, 0.25) is 0 Å². The molecule has 0 spiro atoms. The van der Waals surface area contributed by atoms with Gasteiger partial charge < -0.3 is 9.64 Å². The fraction of sp³-hybridized carbons (Fsp3) is 0.538. The molecule has 1 amide bonds. The molecule has 0 aromatic carbocycles. The van der Waals surface area contributed by atoms with E-state index in [1.807, 2.05) is 0 Å². The fourth-order valence-electron chi connectivity index (χ4n) is 2.19. The molecule has 1 fully saturated rings. The Hall–Kier alpha value is -1.98. The molecule has 0 saturated carbocycles. The minimum atomic E-state index is -0.223. The van der Waals surface area contributed by atoms with E-state index in [2.05, 4.69) is 9.97 Å². The van der Waals surface area contributed by atoms with Crippen LogP contribution in [0.4, 0.5) is 0 Å². The first-order valence-electron chi connectivity index (χ1n) is 6.44. The Bertz CT molecular complexity index is 450. The number of hydrogen-bond donors (Lipinski definition) is 0. The van der Waals surface area contributed by atoms with Crippen LogP contribution in [-0.4, -0.2) is 46.4 Å². The van der Waals surface area contributed by atoms with Crippen molar-refractivity contribution in [3.63, 3.8) is 0 Å². The lowest BCUT2D eigenvalue weighted by Gasteiger charge is -2.31. The monoisotopic (exact) mass is 263 g/mol. The van der Waals surface area contributed by atoms with Crippen molar-refractivity contribution >= 4 is 11.9 Å². The van der Waals surface area contributed by atoms with Gasteiger partial charge in [0.25, 0.3) is 5.91 Å². The molecule has 0 bridgehead atoms. The first-order chi connectivity index (χ1) is 9.22. The van der Waals surface area contributed by atoms with Crippen LogP contribution in [0.3, 0.4) is 0 Å². The third-order valence-corrected chi connectivity index (χ3v) is 3.13. The lowest BCUT2D eigenvalue weighted by atomic mass is 9.98. The highest BCUT2D eigenvalue weighted by Crippen LogP contribution is 2.19. The van der Waals surface area contributed by atoms with Gasteiger partial charge in [0.1, 0.15) is 12.0 Å². The van der Waals surface area contributed by atoms with E-state index in [9.17, 15) is 9.59 Å². The second kappa shape index (κ2) is 6.26. The average Bonchev–Trinajstić information content (AvgIpc) is 2.48. The van der Waals surface area contributed by atoms with Crippen LogP contribution in [0.15, 0.2) is 18.6 Å². The summed E-state index contributed by atoms with van der Waals surface area (Å²) in [6, 6.07) is 1.58. The largest absolute Gasteiger partial charge is 0.466 e. The van der Waals surface area contributed by atoms with Crippen molar-refractivity contribution in [2.45, 2.75) is 19.8 Å². The topological polar surface area (TPSA) is 72.4 Å². The zero-order valence-electron chi connectivity index (χ0n) is 10.9. The highest BCUT2D eigenvalue weighted by atomic mass is 16.5. The molecule has 1 aromatic heterocycles. The summed E-state index contributed by atoms with van der Waals surface area (Å²) in [5, 5.41) is 0. The maximum absolute atomic E-state index is 12.2. The number of aromatic nitrogens is 2. The lowest BCUT2D eigenvalue weighted by Crippen LogP contribution is -2.43. The molecule has 1 aromatic rings. The average molecular weight is 263 g/mol. The maximum atomic E-state index is 12.2.